The molecular weight excluding hydrogens is 340 g/mol. The van der Waals surface area contributed by atoms with E-state index in [1.165, 1.54) is 25.3 Å². The average Bonchev–Trinajstić information content (AvgIpc) is 2.55. The van der Waals surface area contributed by atoms with Crippen molar-refractivity contribution in [3.63, 3.8) is 0 Å². The number of halogens is 1. The van der Waals surface area contributed by atoms with Crippen LogP contribution in [0.25, 0.3) is 10.8 Å². The van der Waals surface area contributed by atoms with Gasteiger partial charge in [-0.2, -0.15) is 0 Å². The minimum absolute atomic E-state index is 0.0000855. The van der Waals surface area contributed by atoms with Gasteiger partial charge >= 0.3 is 17.5 Å². The number of carboxylic acid groups (broad SMARTS) is 1. The summed E-state index contributed by atoms with van der Waals surface area (Å²) in [7, 11) is 1.32. The number of nitrogens with two attached hydrogens (primary N) is 1. The topological polar surface area (TPSA) is 132 Å². The van der Waals surface area contributed by atoms with E-state index in [-0.39, 0.29) is 29.2 Å². The lowest BCUT2D eigenvalue weighted by Crippen LogP contribution is -2.36. The average molecular weight is 355 g/mol. The number of aliphatic carboxylic acids is 1. The molecule has 0 aliphatic carbocycles. The number of carbonyl (C=O) groups is 2. The van der Waals surface area contributed by atoms with Crippen LogP contribution in [-0.4, -0.2) is 30.1 Å². The summed E-state index contributed by atoms with van der Waals surface area (Å²) >= 11 is 6.07. The fraction of sp³-hybridized carbons (Fsp3) is 0.267. The summed E-state index contributed by atoms with van der Waals surface area (Å²) in [6.07, 6.45) is -0.217. The highest BCUT2D eigenvalue weighted by atomic mass is 35.5. The van der Waals surface area contributed by atoms with Crippen molar-refractivity contribution >= 4 is 39.9 Å². The summed E-state index contributed by atoms with van der Waals surface area (Å²) in [5.74, 6) is -1.69. The van der Waals surface area contributed by atoms with Gasteiger partial charge in [0.05, 0.1) is 18.5 Å². The quantitative estimate of drug-likeness (QED) is 0.717. The van der Waals surface area contributed by atoms with Crippen LogP contribution >= 0.6 is 11.6 Å². The molecule has 0 radical (unpaired) electrons. The van der Waals surface area contributed by atoms with E-state index >= 15 is 0 Å². The van der Waals surface area contributed by atoms with Crippen LogP contribution in [0, 0.1) is 0 Å². The van der Waals surface area contributed by atoms with Crippen LogP contribution in [0.5, 0.6) is 5.95 Å². The predicted octanol–water partition coefficient (Wildman–Crippen LogP) is 1.59. The molecule has 8 nitrogen and oxygen atoms in total. The number of anilines is 1. The molecule has 1 atom stereocenters. The van der Waals surface area contributed by atoms with Crippen molar-refractivity contribution in [2.24, 2.45) is 5.73 Å². The second-order valence-electron chi connectivity index (χ2n) is 4.98. The fourth-order valence-electron chi connectivity index (χ4n) is 2.05. The number of carbonyl (C=O) groups excluding carboxylic acids is 1. The van der Waals surface area contributed by atoms with Crippen molar-refractivity contribution in [1.82, 2.24) is 0 Å². The van der Waals surface area contributed by atoms with Crippen LogP contribution < -0.4 is 21.4 Å². The number of rotatable bonds is 6. The molecular formula is C15H15ClN2O6. The lowest BCUT2D eigenvalue weighted by atomic mass is 10.1. The van der Waals surface area contributed by atoms with Crippen molar-refractivity contribution in [3.8, 4) is 5.95 Å². The van der Waals surface area contributed by atoms with Gasteiger partial charge in [-0.05, 0) is 18.6 Å². The molecule has 0 aliphatic rings. The zero-order valence-electron chi connectivity index (χ0n) is 12.7. The molecule has 1 amide bonds. The molecule has 0 spiro atoms. The van der Waals surface area contributed by atoms with Gasteiger partial charge in [-0.3, -0.25) is 9.59 Å². The number of benzene rings is 1. The molecule has 128 valence electrons. The van der Waals surface area contributed by atoms with Gasteiger partial charge in [0.1, 0.15) is 5.02 Å². The first kappa shape index (κ1) is 17.8. The summed E-state index contributed by atoms with van der Waals surface area (Å²) < 4.78 is 9.80. The van der Waals surface area contributed by atoms with Crippen molar-refractivity contribution in [2.75, 3.05) is 12.4 Å². The first-order valence-electron chi connectivity index (χ1n) is 6.92. The molecule has 0 saturated carbocycles. The van der Waals surface area contributed by atoms with E-state index in [4.69, 9.17) is 31.6 Å². The molecule has 4 N–H and O–H groups in total. The smallest absolute Gasteiger partial charge is 0.346 e. The van der Waals surface area contributed by atoms with E-state index in [0.717, 1.165) is 0 Å². The number of fused-ring (bicyclic) bond motifs is 1. The summed E-state index contributed by atoms with van der Waals surface area (Å²) in [6, 6.07) is 3.49. The number of hydrogen-bond donors (Lipinski definition) is 3. The Kier molecular flexibility index (Phi) is 5.42. The van der Waals surface area contributed by atoms with Crippen molar-refractivity contribution < 1.29 is 23.8 Å². The summed E-state index contributed by atoms with van der Waals surface area (Å²) in [6.45, 7) is 0. The molecule has 1 aromatic heterocycles. The normalized spacial score (nSPS) is 12.0. The maximum Gasteiger partial charge on any atom is 0.346 e. The molecule has 0 saturated heterocycles. The van der Waals surface area contributed by atoms with E-state index in [0.29, 0.717) is 11.1 Å². The SMILES string of the molecule is COc1oc(=O)c2cc(NC(=O)[C@@H](N)CCC(=O)O)ccc2c1Cl. The van der Waals surface area contributed by atoms with E-state index in [9.17, 15) is 14.4 Å². The zero-order valence-corrected chi connectivity index (χ0v) is 13.4. The number of ether oxygens (including phenoxy) is 1. The summed E-state index contributed by atoms with van der Waals surface area (Å²) in [5, 5.41) is 11.8. The van der Waals surface area contributed by atoms with Crippen LogP contribution in [0.4, 0.5) is 5.69 Å². The summed E-state index contributed by atoms with van der Waals surface area (Å²) in [4.78, 5) is 34.4. The Hall–Kier alpha value is -2.58. The molecule has 2 rings (SSSR count). The molecule has 2 aromatic rings. The van der Waals surface area contributed by atoms with Crippen LogP contribution in [0.15, 0.2) is 27.4 Å². The van der Waals surface area contributed by atoms with Gasteiger partial charge in [-0.15, -0.1) is 0 Å². The number of methoxy groups -OCH3 is 1. The van der Waals surface area contributed by atoms with Crippen LogP contribution in [0.2, 0.25) is 5.02 Å². The maximum absolute atomic E-state index is 12.0. The van der Waals surface area contributed by atoms with Crippen LogP contribution in [-0.2, 0) is 9.59 Å². The number of nitrogens with one attached hydrogen (secondary N) is 1. The van der Waals surface area contributed by atoms with E-state index in [1.54, 1.807) is 0 Å². The van der Waals surface area contributed by atoms with Gasteiger partial charge in [0, 0.05) is 17.5 Å². The van der Waals surface area contributed by atoms with Gasteiger partial charge < -0.3 is 25.3 Å². The Bertz CT molecular complexity index is 848. The van der Waals surface area contributed by atoms with E-state index in [1.807, 2.05) is 0 Å². The molecule has 24 heavy (non-hydrogen) atoms. The van der Waals surface area contributed by atoms with Gasteiger partial charge in [-0.25, -0.2) is 4.79 Å². The van der Waals surface area contributed by atoms with E-state index in [2.05, 4.69) is 5.32 Å². The highest BCUT2D eigenvalue weighted by Gasteiger charge is 2.17. The number of carboxylic acids is 1. The van der Waals surface area contributed by atoms with Crippen molar-refractivity contribution in [2.45, 2.75) is 18.9 Å². The summed E-state index contributed by atoms with van der Waals surface area (Å²) in [5.41, 5.74) is 5.27. The second kappa shape index (κ2) is 7.33. The first-order chi connectivity index (χ1) is 11.3. The van der Waals surface area contributed by atoms with Gasteiger partial charge in [-0.1, -0.05) is 17.7 Å². The van der Waals surface area contributed by atoms with Gasteiger partial charge in [0.15, 0.2) is 0 Å². The third kappa shape index (κ3) is 3.84. The Balaban J connectivity index is 2.25. The van der Waals surface area contributed by atoms with Gasteiger partial charge in [0.2, 0.25) is 5.91 Å². The minimum atomic E-state index is -1.04. The molecule has 0 bridgehead atoms. The molecule has 0 aliphatic heterocycles. The lowest BCUT2D eigenvalue weighted by Gasteiger charge is -2.12. The fourth-order valence-corrected chi connectivity index (χ4v) is 2.33. The van der Waals surface area contributed by atoms with Crippen molar-refractivity contribution in [3.05, 3.63) is 33.6 Å². The molecule has 1 heterocycles. The van der Waals surface area contributed by atoms with Crippen LogP contribution in [0.1, 0.15) is 12.8 Å². The lowest BCUT2D eigenvalue weighted by molar-refractivity contribution is -0.137. The Morgan fingerprint density at radius 3 is 2.75 bits per heavy atom. The Morgan fingerprint density at radius 1 is 1.42 bits per heavy atom. The van der Waals surface area contributed by atoms with Gasteiger partial charge in [0.25, 0.3) is 0 Å². The standard InChI is InChI=1S/C15H15ClN2O6/c1-23-15-12(16)8-3-2-7(6-9(8)14(22)24-15)18-13(21)10(17)4-5-11(19)20/h2-3,6,10H,4-5,17H2,1H3,(H,18,21)(H,19,20)/t10-/m0/s1. The zero-order chi connectivity index (χ0) is 17.9. The first-order valence-corrected chi connectivity index (χ1v) is 7.30. The number of amides is 1. The molecule has 0 fully saturated rings. The highest BCUT2D eigenvalue weighted by molar-refractivity contribution is 6.36. The monoisotopic (exact) mass is 354 g/mol. The maximum atomic E-state index is 12.0. The van der Waals surface area contributed by atoms with Crippen molar-refractivity contribution in [1.29, 1.82) is 0 Å². The highest BCUT2D eigenvalue weighted by Crippen LogP contribution is 2.31. The Morgan fingerprint density at radius 2 is 2.12 bits per heavy atom. The third-order valence-corrected chi connectivity index (χ3v) is 3.66. The Labute approximate surface area is 141 Å². The van der Waals surface area contributed by atoms with Crippen LogP contribution in [0.3, 0.4) is 0 Å². The second-order valence-corrected chi connectivity index (χ2v) is 5.36. The number of hydrogen-bond acceptors (Lipinski definition) is 6. The predicted molar refractivity (Wildman–Crippen MR) is 87.5 cm³/mol. The molecule has 9 heteroatoms. The largest absolute Gasteiger partial charge is 0.481 e. The molecule has 1 aromatic carbocycles. The molecule has 0 unspecified atom stereocenters. The van der Waals surface area contributed by atoms with E-state index < -0.39 is 23.5 Å². The minimum Gasteiger partial charge on any atom is -0.481 e. The third-order valence-electron chi connectivity index (χ3n) is 3.30.